The van der Waals surface area contributed by atoms with Gasteiger partial charge < -0.3 is 5.32 Å². The van der Waals surface area contributed by atoms with E-state index in [9.17, 15) is 4.79 Å². The van der Waals surface area contributed by atoms with Crippen molar-refractivity contribution in [3.8, 4) is 0 Å². The summed E-state index contributed by atoms with van der Waals surface area (Å²) in [5, 5.41) is 3.42. The smallest absolute Gasteiger partial charge is 0.252 e. The Kier molecular flexibility index (Phi) is 5.35. The second kappa shape index (κ2) is 7.46. The highest BCUT2D eigenvalue weighted by Gasteiger charge is 2.11. The molecule has 0 heterocycles. The molecule has 0 aromatic heterocycles. The van der Waals surface area contributed by atoms with Crippen molar-refractivity contribution in [2.24, 2.45) is 0 Å². The van der Waals surface area contributed by atoms with Crippen molar-refractivity contribution < 1.29 is 4.79 Å². The molecule has 106 valence electrons. The molecule has 0 bridgehead atoms. The molecule has 0 aliphatic heterocycles. The molecular weight excluding hydrogens is 282 g/mol. The third-order valence-electron chi connectivity index (χ3n) is 2.94. The van der Waals surface area contributed by atoms with Crippen LogP contribution >= 0.6 is 11.6 Å². The lowest BCUT2D eigenvalue weighted by Crippen LogP contribution is -2.24. The number of amides is 1. The summed E-state index contributed by atoms with van der Waals surface area (Å²) >= 11 is 6.17. The van der Waals surface area contributed by atoms with Gasteiger partial charge in [-0.05, 0) is 23.3 Å². The number of halogens is 1. The monoisotopic (exact) mass is 297 g/mol. The summed E-state index contributed by atoms with van der Waals surface area (Å²) in [5.74, 6) is -0.152. The van der Waals surface area contributed by atoms with E-state index >= 15 is 0 Å². The maximum Gasteiger partial charge on any atom is 0.252 e. The van der Waals surface area contributed by atoms with Crippen LogP contribution in [0.3, 0.4) is 0 Å². The SMILES string of the molecule is C=CCNC(=O)/C(=C/c1ccccc1Cl)c1ccccc1. The standard InChI is InChI=1S/C18H16ClNO/c1-2-12-20-18(21)16(14-8-4-3-5-9-14)13-15-10-6-7-11-17(15)19/h2-11,13H,1,12H2,(H,20,21)/b16-13+. The Morgan fingerprint density at radius 2 is 1.76 bits per heavy atom. The van der Waals surface area contributed by atoms with E-state index in [1.807, 2.05) is 48.5 Å². The van der Waals surface area contributed by atoms with Crippen LogP contribution in [0.5, 0.6) is 0 Å². The molecule has 2 rings (SSSR count). The number of carbonyl (C=O) groups excluding carboxylic acids is 1. The summed E-state index contributed by atoms with van der Waals surface area (Å²) in [5.41, 5.74) is 2.23. The summed E-state index contributed by atoms with van der Waals surface area (Å²) in [6, 6.07) is 16.9. The van der Waals surface area contributed by atoms with Crippen LogP contribution in [-0.2, 0) is 4.79 Å². The van der Waals surface area contributed by atoms with E-state index in [0.717, 1.165) is 11.1 Å². The number of carbonyl (C=O) groups is 1. The molecule has 2 aromatic carbocycles. The maximum atomic E-state index is 12.3. The van der Waals surface area contributed by atoms with Gasteiger partial charge in [0.2, 0.25) is 0 Å². The molecule has 0 unspecified atom stereocenters. The summed E-state index contributed by atoms with van der Waals surface area (Å²) in [6.45, 7) is 4.03. The van der Waals surface area contributed by atoms with E-state index in [1.165, 1.54) is 0 Å². The lowest BCUT2D eigenvalue weighted by Gasteiger charge is -2.09. The van der Waals surface area contributed by atoms with E-state index in [4.69, 9.17) is 11.6 Å². The van der Waals surface area contributed by atoms with E-state index in [-0.39, 0.29) is 5.91 Å². The fraction of sp³-hybridized carbons (Fsp3) is 0.0556. The highest BCUT2D eigenvalue weighted by Crippen LogP contribution is 2.23. The summed E-state index contributed by atoms with van der Waals surface area (Å²) < 4.78 is 0. The normalized spacial score (nSPS) is 11.0. The highest BCUT2D eigenvalue weighted by atomic mass is 35.5. The third kappa shape index (κ3) is 4.07. The quantitative estimate of drug-likeness (QED) is 0.500. The Morgan fingerprint density at radius 3 is 2.43 bits per heavy atom. The average Bonchev–Trinajstić information content (AvgIpc) is 2.52. The van der Waals surface area contributed by atoms with Crippen molar-refractivity contribution in [2.45, 2.75) is 0 Å². The van der Waals surface area contributed by atoms with Gasteiger partial charge in [-0.1, -0.05) is 66.2 Å². The predicted molar refractivity (Wildman–Crippen MR) is 89.0 cm³/mol. The fourth-order valence-electron chi connectivity index (χ4n) is 1.91. The molecule has 0 radical (unpaired) electrons. The van der Waals surface area contributed by atoms with Crippen molar-refractivity contribution >= 4 is 29.2 Å². The van der Waals surface area contributed by atoms with Crippen molar-refractivity contribution in [3.05, 3.63) is 83.4 Å². The lowest BCUT2D eigenvalue weighted by molar-refractivity contribution is -0.115. The minimum atomic E-state index is -0.152. The fourth-order valence-corrected chi connectivity index (χ4v) is 2.10. The molecule has 0 saturated heterocycles. The van der Waals surface area contributed by atoms with E-state index in [0.29, 0.717) is 17.1 Å². The second-order valence-corrected chi connectivity index (χ2v) is 4.85. The molecule has 2 aromatic rings. The van der Waals surface area contributed by atoms with E-state index in [2.05, 4.69) is 11.9 Å². The topological polar surface area (TPSA) is 29.1 Å². The van der Waals surface area contributed by atoms with Gasteiger partial charge in [0.15, 0.2) is 0 Å². The Bertz CT molecular complexity index is 662. The zero-order chi connectivity index (χ0) is 15.1. The Balaban J connectivity index is 2.43. The lowest BCUT2D eigenvalue weighted by atomic mass is 10.0. The molecule has 1 amide bonds. The molecule has 1 N–H and O–H groups in total. The first kappa shape index (κ1) is 15.1. The molecule has 0 aliphatic rings. The van der Waals surface area contributed by atoms with Gasteiger partial charge in [-0.3, -0.25) is 4.79 Å². The minimum absolute atomic E-state index is 0.152. The van der Waals surface area contributed by atoms with Gasteiger partial charge in [0.1, 0.15) is 0 Å². The van der Waals surface area contributed by atoms with Gasteiger partial charge in [-0.2, -0.15) is 0 Å². The van der Waals surface area contributed by atoms with Gasteiger partial charge in [0.05, 0.1) is 0 Å². The highest BCUT2D eigenvalue weighted by molar-refractivity contribution is 6.33. The largest absolute Gasteiger partial charge is 0.349 e. The van der Waals surface area contributed by atoms with Gasteiger partial charge >= 0.3 is 0 Å². The first-order valence-electron chi connectivity index (χ1n) is 6.63. The van der Waals surface area contributed by atoms with Crippen LogP contribution in [0, 0.1) is 0 Å². The van der Waals surface area contributed by atoms with Crippen molar-refractivity contribution in [1.82, 2.24) is 5.32 Å². The molecule has 2 nitrogen and oxygen atoms in total. The molecule has 0 saturated carbocycles. The van der Waals surface area contributed by atoms with Crippen LogP contribution in [0.1, 0.15) is 11.1 Å². The third-order valence-corrected chi connectivity index (χ3v) is 3.29. The minimum Gasteiger partial charge on any atom is -0.349 e. The molecule has 0 spiro atoms. The average molecular weight is 298 g/mol. The van der Waals surface area contributed by atoms with E-state index in [1.54, 1.807) is 18.2 Å². The molecule has 0 atom stereocenters. The molecule has 0 aliphatic carbocycles. The Hall–Kier alpha value is -2.32. The van der Waals surface area contributed by atoms with Crippen LogP contribution in [0.15, 0.2) is 67.3 Å². The van der Waals surface area contributed by atoms with Crippen LogP contribution in [0.25, 0.3) is 11.6 Å². The number of nitrogens with one attached hydrogen (secondary N) is 1. The Morgan fingerprint density at radius 1 is 1.10 bits per heavy atom. The molecule has 0 fully saturated rings. The van der Waals surface area contributed by atoms with Crippen molar-refractivity contribution in [1.29, 1.82) is 0 Å². The van der Waals surface area contributed by atoms with E-state index < -0.39 is 0 Å². The Labute approximate surface area is 129 Å². The molecule has 21 heavy (non-hydrogen) atoms. The van der Waals surface area contributed by atoms with Gasteiger partial charge in [-0.15, -0.1) is 6.58 Å². The first-order valence-corrected chi connectivity index (χ1v) is 7.01. The summed E-state index contributed by atoms with van der Waals surface area (Å²) in [4.78, 5) is 12.3. The van der Waals surface area contributed by atoms with Gasteiger partial charge in [-0.25, -0.2) is 0 Å². The first-order chi connectivity index (χ1) is 10.2. The zero-order valence-corrected chi connectivity index (χ0v) is 12.3. The molecule has 3 heteroatoms. The predicted octanol–water partition coefficient (Wildman–Crippen LogP) is 4.18. The van der Waals surface area contributed by atoms with Crippen molar-refractivity contribution in [3.63, 3.8) is 0 Å². The van der Waals surface area contributed by atoms with Gasteiger partial charge in [0.25, 0.3) is 5.91 Å². The molecular formula is C18H16ClNO. The van der Waals surface area contributed by atoms with Crippen LogP contribution in [0.4, 0.5) is 0 Å². The summed E-state index contributed by atoms with van der Waals surface area (Å²) in [7, 11) is 0. The number of hydrogen-bond acceptors (Lipinski definition) is 1. The summed E-state index contributed by atoms with van der Waals surface area (Å²) in [6.07, 6.45) is 3.45. The number of hydrogen-bond donors (Lipinski definition) is 1. The maximum absolute atomic E-state index is 12.3. The van der Waals surface area contributed by atoms with Crippen LogP contribution in [0.2, 0.25) is 5.02 Å². The number of benzene rings is 2. The van der Waals surface area contributed by atoms with Crippen LogP contribution < -0.4 is 5.32 Å². The van der Waals surface area contributed by atoms with Crippen LogP contribution in [-0.4, -0.2) is 12.5 Å². The van der Waals surface area contributed by atoms with Crippen molar-refractivity contribution in [2.75, 3.05) is 6.54 Å². The van der Waals surface area contributed by atoms with Gasteiger partial charge in [0, 0.05) is 17.1 Å². The second-order valence-electron chi connectivity index (χ2n) is 4.44. The number of rotatable bonds is 5. The zero-order valence-electron chi connectivity index (χ0n) is 11.6.